The standard InChI is InChI=1S/C17H23N3/c1-20(13-11-18)14-16-10-12-19-17(16)9-5-8-15-6-3-2-4-7-15/h2-7,9-10H,8,11-14,18H2,1H3/b9-5+. The first kappa shape index (κ1) is 14.7. The van der Waals surface area contributed by atoms with Gasteiger partial charge >= 0.3 is 0 Å². The quantitative estimate of drug-likeness (QED) is 0.823. The average Bonchev–Trinajstić information content (AvgIpc) is 2.88. The van der Waals surface area contributed by atoms with Crippen LogP contribution < -0.4 is 5.73 Å². The monoisotopic (exact) mass is 269 g/mol. The van der Waals surface area contributed by atoms with E-state index < -0.39 is 0 Å². The molecule has 0 saturated heterocycles. The fourth-order valence-electron chi connectivity index (χ4n) is 2.28. The first-order valence-corrected chi connectivity index (χ1v) is 7.12. The van der Waals surface area contributed by atoms with Crippen molar-refractivity contribution in [1.29, 1.82) is 0 Å². The van der Waals surface area contributed by atoms with Gasteiger partial charge in [-0.3, -0.25) is 4.99 Å². The van der Waals surface area contributed by atoms with Gasteiger partial charge in [-0.25, -0.2) is 0 Å². The lowest BCUT2D eigenvalue weighted by Crippen LogP contribution is -2.28. The number of aliphatic imine (C=N–C) groups is 1. The Labute approximate surface area is 121 Å². The third-order valence-corrected chi connectivity index (χ3v) is 3.35. The van der Waals surface area contributed by atoms with Crippen LogP contribution in [0.15, 0.2) is 59.1 Å². The number of allylic oxidation sites excluding steroid dienone is 2. The smallest absolute Gasteiger partial charge is 0.0617 e. The summed E-state index contributed by atoms with van der Waals surface area (Å²) >= 11 is 0. The highest BCUT2D eigenvalue weighted by molar-refractivity contribution is 6.10. The Morgan fingerprint density at radius 3 is 2.85 bits per heavy atom. The molecule has 3 nitrogen and oxygen atoms in total. The van der Waals surface area contributed by atoms with Gasteiger partial charge in [-0.15, -0.1) is 0 Å². The molecule has 1 heterocycles. The second-order valence-electron chi connectivity index (χ2n) is 5.07. The van der Waals surface area contributed by atoms with Gasteiger partial charge in [0.05, 0.1) is 12.3 Å². The highest BCUT2D eigenvalue weighted by Gasteiger charge is 2.10. The van der Waals surface area contributed by atoms with Crippen molar-refractivity contribution in [2.45, 2.75) is 6.42 Å². The van der Waals surface area contributed by atoms with Crippen molar-refractivity contribution in [2.75, 3.05) is 33.2 Å². The molecule has 2 rings (SSSR count). The molecule has 0 aromatic heterocycles. The van der Waals surface area contributed by atoms with Crippen LogP contribution in [0.4, 0.5) is 0 Å². The topological polar surface area (TPSA) is 41.6 Å². The molecule has 0 fully saturated rings. The van der Waals surface area contributed by atoms with Gasteiger partial charge in [-0.05, 0) is 30.7 Å². The molecular weight excluding hydrogens is 246 g/mol. The first-order valence-electron chi connectivity index (χ1n) is 7.12. The van der Waals surface area contributed by atoms with Crippen molar-refractivity contribution >= 4 is 5.71 Å². The highest BCUT2D eigenvalue weighted by Crippen LogP contribution is 2.10. The van der Waals surface area contributed by atoms with Crippen LogP contribution >= 0.6 is 0 Å². The summed E-state index contributed by atoms with van der Waals surface area (Å²) in [4.78, 5) is 6.77. The summed E-state index contributed by atoms with van der Waals surface area (Å²) in [5, 5.41) is 0. The molecule has 0 atom stereocenters. The number of hydrogen-bond acceptors (Lipinski definition) is 3. The largest absolute Gasteiger partial charge is 0.329 e. The Balaban J connectivity index is 1.87. The van der Waals surface area contributed by atoms with E-state index in [-0.39, 0.29) is 0 Å². The molecule has 1 aliphatic heterocycles. The molecule has 0 amide bonds. The van der Waals surface area contributed by atoms with Crippen molar-refractivity contribution in [3.63, 3.8) is 0 Å². The van der Waals surface area contributed by atoms with E-state index in [2.05, 4.69) is 59.4 Å². The fraction of sp³-hybridized carbons (Fsp3) is 0.353. The summed E-state index contributed by atoms with van der Waals surface area (Å²) in [5.74, 6) is 0. The molecule has 3 heteroatoms. The lowest BCUT2D eigenvalue weighted by atomic mass is 10.1. The lowest BCUT2D eigenvalue weighted by Gasteiger charge is -2.16. The molecule has 1 aromatic rings. The lowest BCUT2D eigenvalue weighted by molar-refractivity contribution is 0.377. The molecule has 0 radical (unpaired) electrons. The number of rotatable bonds is 7. The van der Waals surface area contributed by atoms with Crippen LogP contribution in [0.2, 0.25) is 0 Å². The molecule has 20 heavy (non-hydrogen) atoms. The van der Waals surface area contributed by atoms with Crippen LogP contribution in [0, 0.1) is 0 Å². The Kier molecular flexibility index (Phi) is 5.71. The zero-order valence-corrected chi connectivity index (χ0v) is 12.1. The van der Waals surface area contributed by atoms with Crippen LogP contribution in [0.25, 0.3) is 0 Å². The minimum Gasteiger partial charge on any atom is -0.329 e. The summed E-state index contributed by atoms with van der Waals surface area (Å²) in [7, 11) is 2.09. The molecule has 0 spiro atoms. The molecular formula is C17H23N3. The third kappa shape index (κ3) is 4.44. The Bertz CT molecular complexity index is 500. The average molecular weight is 269 g/mol. The number of nitrogens with zero attached hydrogens (tertiary/aromatic N) is 2. The second kappa shape index (κ2) is 7.78. The second-order valence-corrected chi connectivity index (χ2v) is 5.07. The van der Waals surface area contributed by atoms with E-state index in [1.807, 2.05) is 6.07 Å². The Morgan fingerprint density at radius 1 is 1.30 bits per heavy atom. The number of likely N-dealkylation sites (N-methyl/N-ethyl adjacent to an activating group) is 1. The van der Waals surface area contributed by atoms with Crippen LogP contribution in [-0.2, 0) is 6.42 Å². The molecule has 0 saturated carbocycles. The van der Waals surface area contributed by atoms with Crippen LogP contribution in [0.1, 0.15) is 5.56 Å². The number of hydrogen-bond donors (Lipinski definition) is 1. The SMILES string of the molecule is CN(CCN)CC1=CCN=C1/C=C/Cc1ccccc1. The van der Waals surface area contributed by atoms with E-state index in [1.54, 1.807) is 0 Å². The molecule has 106 valence electrons. The van der Waals surface area contributed by atoms with Gasteiger partial charge in [-0.1, -0.05) is 42.5 Å². The zero-order valence-electron chi connectivity index (χ0n) is 12.1. The first-order chi connectivity index (χ1) is 9.79. The Hall–Kier alpha value is -1.71. The number of nitrogens with two attached hydrogens (primary N) is 1. The zero-order chi connectivity index (χ0) is 14.2. The molecule has 2 N–H and O–H groups in total. The minimum atomic E-state index is 0.695. The van der Waals surface area contributed by atoms with E-state index in [9.17, 15) is 0 Å². The van der Waals surface area contributed by atoms with E-state index in [1.165, 1.54) is 11.1 Å². The Morgan fingerprint density at radius 2 is 2.10 bits per heavy atom. The maximum atomic E-state index is 5.58. The van der Waals surface area contributed by atoms with Crippen LogP contribution in [0.5, 0.6) is 0 Å². The maximum Gasteiger partial charge on any atom is 0.0617 e. The highest BCUT2D eigenvalue weighted by atomic mass is 15.1. The van der Waals surface area contributed by atoms with Crippen molar-refractivity contribution in [2.24, 2.45) is 10.7 Å². The summed E-state index contributed by atoms with van der Waals surface area (Å²) < 4.78 is 0. The minimum absolute atomic E-state index is 0.695. The van der Waals surface area contributed by atoms with Gasteiger partial charge in [0, 0.05) is 19.6 Å². The molecule has 1 aromatic carbocycles. The predicted molar refractivity (Wildman–Crippen MR) is 86.2 cm³/mol. The van der Waals surface area contributed by atoms with Crippen molar-refractivity contribution < 1.29 is 0 Å². The fourth-order valence-corrected chi connectivity index (χ4v) is 2.28. The van der Waals surface area contributed by atoms with Crippen molar-refractivity contribution in [3.8, 4) is 0 Å². The molecule has 0 aliphatic carbocycles. The summed E-state index contributed by atoms with van der Waals surface area (Å²) in [6.07, 6.45) is 7.49. The molecule has 0 unspecified atom stereocenters. The normalized spacial score (nSPS) is 14.9. The van der Waals surface area contributed by atoms with Gasteiger partial charge in [0.25, 0.3) is 0 Å². The number of benzene rings is 1. The summed E-state index contributed by atoms with van der Waals surface area (Å²) in [6.45, 7) is 3.33. The van der Waals surface area contributed by atoms with E-state index in [0.717, 1.165) is 31.8 Å². The van der Waals surface area contributed by atoms with E-state index >= 15 is 0 Å². The van der Waals surface area contributed by atoms with Crippen molar-refractivity contribution in [3.05, 3.63) is 59.7 Å². The molecule has 0 bridgehead atoms. The van der Waals surface area contributed by atoms with Gasteiger partial charge in [-0.2, -0.15) is 0 Å². The van der Waals surface area contributed by atoms with E-state index in [0.29, 0.717) is 6.54 Å². The van der Waals surface area contributed by atoms with Gasteiger partial charge in [0.1, 0.15) is 0 Å². The summed E-state index contributed by atoms with van der Waals surface area (Å²) in [6, 6.07) is 10.5. The summed E-state index contributed by atoms with van der Waals surface area (Å²) in [5.41, 5.74) is 9.33. The third-order valence-electron chi connectivity index (χ3n) is 3.35. The van der Waals surface area contributed by atoms with Crippen molar-refractivity contribution in [1.82, 2.24) is 4.90 Å². The van der Waals surface area contributed by atoms with Gasteiger partial charge in [0.2, 0.25) is 0 Å². The van der Waals surface area contributed by atoms with Gasteiger partial charge in [0.15, 0.2) is 0 Å². The van der Waals surface area contributed by atoms with Crippen LogP contribution in [-0.4, -0.2) is 43.8 Å². The predicted octanol–water partition coefficient (Wildman–Crippen LogP) is 2.06. The van der Waals surface area contributed by atoms with E-state index in [4.69, 9.17) is 5.73 Å². The maximum absolute atomic E-state index is 5.58. The molecule has 1 aliphatic rings. The van der Waals surface area contributed by atoms with Crippen LogP contribution in [0.3, 0.4) is 0 Å². The van der Waals surface area contributed by atoms with Gasteiger partial charge < -0.3 is 10.6 Å².